The zero-order chi connectivity index (χ0) is 14.3. The first-order valence-electron chi connectivity index (χ1n) is 7.30. The lowest BCUT2D eigenvalue weighted by Crippen LogP contribution is -2.25. The minimum atomic E-state index is -0.161. The van der Waals surface area contributed by atoms with Gasteiger partial charge < -0.3 is 5.32 Å². The highest BCUT2D eigenvalue weighted by molar-refractivity contribution is 9.10. The first kappa shape index (κ1) is 16.6. The third kappa shape index (κ3) is 5.23. The molecule has 108 valence electrons. The molecule has 0 aliphatic heterocycles. The molecule has 0 amide bonds. The lowest BCUT2D eigenvalue weighted by molar-refractivity contribution is 0.370. The van der Waals surface area contributed by atoms with E-state index in [1.165, 1.54) is 18.9 Å². The van der Waals surface area contributed by atoms with E-state index in [0.29, 0.717) is 5.92 Å². The standard InChI is InChI=1S/C16H25BrFN/c1-4-9-19-16(10-12(5-2)6-3)14-11-13(18)7-8-15(14)17/h7-8,11-12,16,19H,4-6,9-10H2,1-3H3. The largest absolute Gasteiger partial charge is 0.310 e. The Labute approximate surface area is 125 Å². The van der Waals surface area contributed by atoms with Crippen LogP contribution in [0.15, 0.2) is 22.7 Å². The predicted octanol–water partition coefficient (Wildman–Crippen LogP) is 5.46. The van der Waals surface area contributed by atoms with Crippen LogP contribution in [-0.4, -0.2) is 6.54 Å². The molecule has 1 atom stereocenters. The second-order valence-electron chi connectivity index (χ2n) is 5.09. The van der Waals surface area contributed by atoms with E-state index < -0.39 is 0 Å². The Morgan fingerprint density at radius 2 is 1.89 bits per heavy atom. The summed E-state index contributed by atoms with van der Waals surface area (Å²) in [6, 6.07) is 5.19. The maximum absolute atomic E-state index is 13.5. The Kier molecular flexibility index (Phi) is 7.62. The monoisotopic (exact) mass is 329 g/mol. The van der Waals surface area contributed by atoms with Gasteiger partial charge in [-0.05, 0) is 49.1 Å². The van der Waals surface area contributed by atoms with Crippen LogP contribution in [0.5, 0.6) is 0 Å². The van der Waals surface area contributed by atoms with Gasteiger partial charge in [-0.25, -0.2) is 4.39 Å². The first-order chi connectivity index (χ1) is 9.12. The van der Waals surface area contributed by atoms with Crippen molar-refractivity contribution in [1.82, 2.24) is 5.32 Å². The van der Waals surface area contributed by atoms with Crippen molar-refractivity contribution in [3.05, 3.63) is 34.1 Å². The number of hydrogen-bond donors (Lipinski definition) is 1. The van der Waals surface area contributed by atoms with Crippen molar-refractivity contribution >= 4 is 15.9 Å². The van der Waals surface area contributed by atoms with Crippen LogP contribution in [0.1, 0.15) is 58.1 Å². The van der Waals surface area contributed by atoms with E-state index in [-0.39, 0.29) is 11.9 Å². The van der Waals surface area contributed by atoms with E-state index in [2.05, 4.69) is 42.0 Å². The summed E-state index contributed by atoms with van der Waals surface area (Å²) in [6.45, 7) is 7.58. The fourth-order valence-electron chi connectivity index (χ4n) is 2.38. The highest BCUT2D eigenvalue weighted by atomic mass is 79.9. The van der Waals surface area contributed by atoms with Crippen molar-refractivity contribution in [1.29, 1.82) is 0 Å². The molecule has 0 saturated heterocycles. The molecule has 1 unspecified atom stereocenters. The quantitative estimate of drug-likeness (QED) is 0.668. The third-order valence-electron chi connectivity index (χ3n) is 3.70. The van der Waals surface area contributed by atoms with Crippen LogP contribution >= 0.6 is 15.9 Å². The average molecular weight is 330 g/mol. The summed E-state index contributed by atoms with van der Waals surface area (Å²) < 4.78 is 14.5. The Balaban J connectivity index is 2.91. The zero-order valence-corrected chi connectivity index (χ0v) is 13.8. The van der Waals surface area contributed by atoms with Crippen LogP contribution in [0.2, 0.25) is 0 Å². The summed E-state index contributed by atoms with van der Waals surface area (Å²) in [7, 11) is 0. The van der Waals surface area contributed by atoms with Crippen LogP contribution in [0.3, 0.4) is 0 Å². The number of hydrogen-bond acceptors (Lipinski definition) is 1. The van der Waals surface area contributed by atoms with Gasteiger partial charge in [0.1, 0.15) is 5.82 Å². The highest BCUT2D eigenvalue weighted by Gasteiger charge is 2.18. The molecule has 0 spiro atoms. The molecule has 0 saturated carbocycles. The van der Waals surface area contributed by atoms with Crippen molar-refractivity contribution in [2.24, 2.45) is 5.92 Å². The van der Waals surface area contributed by atoms with Gasteiger partial charge >= 0.3 is 0 Å². The summed E-state index contributed by atoms with van der Waals surface area (Å²) in [5, 5.41) is 3.56. The highest BCUT2D eigenvalue weighted by Crippen LogP contribution is 2.30. The number of nitrogens with one attached hydrogen (secondary N) is 1. The Bertz CT molecular complexity index is 377. The van der Waals surface area contributed by atoms with Gasteiger partial charge in [0.05, 0.1) is 0 Å². The van der Waals surface area contributed by atoms with Crippen LogP contribution in [0.25, 0.3) is 0 Å². The van der Waals surface area contributed by atoms with Crippen LogP contribution in [0, 0.1) is 11.7 Å². The fraction of sp³-hybridized carbons (Fsp3) is 0.625. The van der Waals surface area contributed by atoms with Crippen LogP contribution < -0.4 is 5.32 Å². The van der Waals surface area contributed by atoms with Crippen LogP contribution in [0.4, 0.5) is 4.39 Å². The van der Waals surface area contributed by atoms with Gasteiger partial charge in [-0.2, -0.15) is 0 Å². The molecule has 0 aromatic heterocycles. The van der Waals surface area contributed by atoms with Crippen molar-refractivity contribution in [3.63, 3.8) is 0 Å². The zero-order valence-electron chi connectivity index (χ0n) is 12.2. The molecule has 0 aliphatic rings. The molecule has 0 fully saturated rings. The van der Waals surface area contributed by atoms with E-state index >= 15 is 0 Å². The molecule has 1 nitrogen and oxygen atoms in total. The number of benzene rings is 1. The van der Waals surface area contributed by atoms with E-state index in [4.69, 9.17) is 0 Å². The Hall–Kier alpha value is -0.410. The minimum Gasteiger partial charge on any atom is -0.310 e. The Morgan fingerprint density at radius 1 is 1.21 bits per heavy atom. The third-order valence-corrected chi connectivity index (χ3v) is 4.42. The van der Waals surface area contributed by atoms with Gasteiger partial charge in [0.2, 0.25) is 0 Å². The van der Waals surface area contributed by atoms with Crippen molar-refractivity contribution in [2.45, 2.75) is 52.5 Å². The molecular weight excluding hydrogens is 305 g/mol. The molecule has 1 rings (SSSR count). The van der Waals surface area contributed by atoms with Crippen LogP contribution in [-0.2, 0) is 0 Å². The van der Waals surface area contributed by atoms with Gasteiger partial charge in [-0.15, -0.1) is 0 Å². The van der Waals surface area contributed by atoms with E-state index in [9.17, 15) is 4.39 Å². The van der Waals surface area contributed by atoms with Crippen molar-refractivity contribution in [3.8, 4) is 0 Å². The topological polar surface area (TPSA) is 12.0 Å². The summed E-state index contributed by atoms with van der Waals surface area (Å²) in [6.07, 6.45) is 4.50. The molecule has 1 N–H and O–H groups in total. The normalized spacial score (nSPS) is 12.9. The number of rotatable bonds is 8. The second kappa shape index (κ2) is 8.70. The average Bonchev–Trinajstić information content (AvgIpc) is 2.42. The summed E-state index contributed by atoms with van der Waals surface area (Å²) in [5.41, 5.74) is 1.04. The molecule has 1 aromatic rings. The Morgan fingerprint density at radius 3 is 2.47 bits per heavy atom. The van der Waals surface area contributed by atoms with E-state index in [0.717, 1.165) is 29.4 Å². The molecule has 1 aromatic carbocycles. The molecule has 0 heterocycles. The van der Waals surface area contributed by atoms with Gasteiger partial charge in [0.25, 0.3) is 0 Å². The van der Waals surface area contributed by atoms with Gasteiger partial charge in [-0.3, -0.25) is 0 Å². The van der Waals surface area contributed by atoms with Gasteiger partial charge in [0.15, 0.2) is 0 Å². The maximum Gasteiger partial charge on any atom is 0.123 e. The first-order valence-corrected chi connectivity index (χ1v) is 8.09. The molecule has 3 heteroatoms. The van der Waals surface area contributed by atoms with Gasteiger partial charge in [0, 0.05) is 10.5 Å². The molecular formula is C16H25BrFN. The summed E-state index contributed by atoms with van der Waals surface area (Å²) in [4.78, 5) is 0. The summed E-state index contributed by atoms with van der Waals surface area (Å²) >= 11 is 3.55. The van der Waals surface area contributed by atoms with Crippen molar-refractivity contribution in [2.75, 3.05) is 6.54 Å². The molecule has 0 radical (unpaired) electrons. The molecule has 0 aliphatic carbocycles. The fourth-order valence-corrected chi connectivity index (χ4v) is 2.90. The lowest BCUT2D eigenvalue weighted by Gasteiger charge is -2.24. The number of halogens is 2. The molecule has 19 heavy (non-hydrogen) atoms. The predicted molar refractivity (Wildman–Crippen MR) is 83.8 cm³/mol. The van der Waals surface area contributed by atoms with Gasteiger partial charge in [-0.1, -0.05) is 49.5 Å². The SMILES string of the molecule is CCCNC(CC(CC)CC)c1cc(F)ccc1Br. The minimum absolute atomic E-state index is 0.161. The molecule has 0 bridgehead atoms. The van der Waals surface area contributed by atoms with E-state index in [1.54, 1.807) is 12.1 Å². The van der Waals surface area contributed by atoms with Crippen molar-refractivity contribution < 1.29 is 4.39 Å². The maximum atomic E-state index is 13.5. The van der Waals surface area contributed by atoms with E-state index in [1.807, 2.05) is 0 Å². The smallest absolute Gasteiger partial charge is 0.123 e. The lowest BCUT2D eigenvalue weighted by atomic mass is 9.91. The summed E-state index contributed by atoms with van der Waals surface area (Å²) in [5.74, 6) is 0.524. The second-order valence-corrected chi connectivity index (χ2v) is 5.95.